The van der Waals surface area contributed by atoms with Crippen molar-refractivity contribution in [3.63, 3.8) is 0 Å². The lowest BCUT2D eigenvalue weighted by molar-refractivity contribution is 0.0616. The molecule has 2 aliphatic rings. The van der Waals surface area contributed by atoms with E-state index in [1.807, 2.05) is 4.90 Å². The first-order valence-corrected chi connectivity index (χ1v) is 8.48. The largest absolute Gasteiger partial charge is 0.472 e. The van der Waals surface area contributed by atoms with Crippen molar-refractivity contribution in [3.05, 3.63) is 24.2 Å². The van der Waals surface area contributed by atoms with Crippen LogP contribution in [0.4, 0.5) is 0 Å². The summed E-state index contributed by atoms with van der Waals surface area (Å²) in [5, 5.41) is 0. The van der Waals surface area contributed by atoms with E-state index in [0.717, 1.165) is 38.8 Å². The summed E-state index contributed by atoms with van der Waals surface area (Å²) in [6.45, 7) is 6.02. The zero-order valence-electron chi connectivity index (χ0n) is 13.5. The van der Waals surface area contributed by atoms with Crippen molar-refractivity contribution < 1.29 is 9.21 Å². The van der Waals surface area contributed by atoms with Crippen molar-refractivity contribution in [3.8, 4) is 0 Å². The average Bonchev–Trinajstić information content (AvgIpc) is 3.08. The summed E-state index contributed by atoms with van der Waals surface area (Å²) >= 11 is 0. The van der Waals surface area contributed by atoms with Crippen molar-refractivity contribution in [2.45, 2.75) is 31.7 Å². The summed E-state index contributed by atoms with van der Waals surface area (Å²) in [6.07, 6.45) is 8.42. The molecule has 2 saturated heterocycles. The van der Waals surface area contributed by atoms with E-state index in [0.29, 0.717) is 5.56 Å². The van der Waals surface area contributed by atoms with Gasteiger partial charge in [0, 0.05) is 32.2 Å². The Morgan fingerprint density at radius 3 is 2.73 bits per heavy atom. The molecule has 0 bridgehead atoms. The second-order valence-electron chi connectivity index (χ2n) is 6.56. The Morgan fingerprint density at radius 1 is 1.23 bits per heavy atom. The fourth-order valence-electron chi connectivity index (χ4n) is 3.58. The topological polar surface area (TPSA) is 39.9 Å². The molecule has 0 saturated carbocycles. The number of piperazine rings is 1. The van der Waals surface area contributed by atoms with Crippen LogP contribution in [0.3, 0.4) is 0 Å². The molecule has 2 fully saturated rings. The van der Waals surface area contributed by atoms with Gasteiger partial charge in [-0.15, -0.1) is 0 Å². The van der Waals surface area contributed by atoms with Gasteiger partial charge in [0.1, 0.15) is 6.26 Å². The molecule has 0 aromatic carbocycles. The standard InChI is InChI=1S/C17H27N3O2/c1-18-7-3-2-4-16(18)5-8-19-9-11-20(12-10-19)17(21)15-6-13-22-14-15/h6,13-14,16H,2-5,7-12H2,1H3/t16-/m0/s1. The second-order valence-corrected chi connectivity index (χ2v) is 6.56. The highest BCUT2D eigenvalue weighted by Gasteiger charge is 2.24. The van der Waals surface area contributed by atoms with Crippen LogP contribution in [0, 0.1) is 0 Å². The number of carbonyl (C=O) groups is 1. The summed E-state index contributed by atoms with van der Waals surface area (Å²) in [4.78, 5) is 19.2. The third-order valence-electron chi connectivity index (χ3n) is 5.13. The van der Waals surface area contributed by atoms with Gasteiger partial charge in [0.05, 0.1) is 11.8 Å². The number of carbonyl (C=O) groups excluding carboxylic acids is 1. The van der Waals surface area contributed by atoms with Crippen LogP contribution < -0.4 is 0 Å². The van der Waals surface area contributed by atoms with Gasteiger partial charge in [0.25, 0.3) is 5.91 Å². The number of nitrogens with zero attached hydrogens (tertiary/aromatic N) is 3. The number of piperidine rings is 1. The quantitative estimate of drug-likeness (QED) is 0.852. The van der Waals surface area contributed by atoms with Crippen LogP contribution in [0.5, 0.6) is 0 Å². The van der Waals surface area contributed by atoms with Crippen LogP contribution in [-0.4, -0.2) is 73.0 Å². The predicted molar refractivity (Wildman–Crippen MR) is 85.9 cm³/mol. The monoisotopic (exact) mass is 305 g/mol. The maximum atomic E-state index is 12.3. The van der Waals surface area contributed by atoms with Gasteiger partial charge < -0.3 is 14.2 Å². The molecular weight excluding hydrogens is 278 g/mol. The van der Waals surface area contributed by atoms with E-state index in [-0.39, 0.29) is 5.91 Å². The van der Waals surface area contributed by atoms with Crippen LogP contribution in [0.1, 0.15) is 36.0 Å². The minimum absolute atomic E-state index is 0.0976. The van der Waals surface area contributed by atoms with E-state index in [2.05, 4.69) is 16.8 Å². The molecule has 5 heteroatoms. The molecule has 122 valence electrons. The Bertz CT molecular complexity index is 466. The molecule has 0 aliphatic carbocycles. The van der Waals surface area contributed by atoms with Gasteiger partial charge in [0.2, 0.25) is 0 Å². The number of amides is 1. The SMILES string of the molecule is CN1CCCC[C@H]1CCN1CCN(C(=O)c2ccoc2)CC1. The average molecular weight is 305 g/mol. The zero-order valence-corrected chi connectivity index (χ0v) is 13.5. The van der Waals surface area contributed by atoms with E-state index in [1.165, 1.54) is 38.5 Å². The number of furan rings is 1. The Labute approximate surface area is 132 Å². The van der Waals surface area contributed by atoms with Crippen LogP contribution in [0.25, 0.3) is 0 Å². The molecule has 2 aliphatic heterocycles. The normalized spacial score (nSPS) is 24.6. The number of hydrogen-bond acceptors (Lipinski definition) is 4. The second kappa shape index (κ2) is 7.29. The molecule has 1 aromatic rings. The van der Waals surface area contributed by atoms with Crippen molar-refractivity contribution in [2.24, 2.45) is 0 Å². The Balaban J connectivity index is 1.41. The third-order valence-corrected chi connectivity index (χ3v) is 5.13. The molecule has 0 radical (unpaired) electrons. The highest BCUT2D eigenvalue weighted by molar-refractivity contribution is 5.93. The minimum atomic E-state index is 0.0976. The molecule has 5 nitrogen and oxygen atoms in total. The van der Waals surface area contributed by atoms with Crippen LogP contribution in [-0.2, 0) is 0 Å². The van der Waals surface area contributed by atoms with Crippen molar-refractivity contribution >= 4 is 5.91 Å². The van der Waals surface area contributed by atoms with Gasteiger partial charge in [-0.2, -0.15) is 0 Å². The lowest BCUT2D eigenvalue weighted by atomic mass is 10.00. The van der Waals surface area contributed by atoms with Crippen molar-refractivity contribution in [2.75, 3.05) is 46.3 Å². The van der Waals surface area contributed by atoms with Gasteiger partial charge in [-0.1, -0.05) is 6.42 Å². The smallest absolute Gasteiger partial charge is 0.257 e. The third kappa shape index (κ3) is 3.70. The highest BCUT2D eigenvalue weighted by atomic mass is 16.3. The van der Waals surface area contributed by atoms with Crippen LogP contribution in [0.15, 0.2) is 23.0 Å². The summed E-state index contributed by atoms with van der Waals surface area (Å²) < 4.78 is 5.00. The number of likely N-dealkylation sites (tertiary alicyclic amines) is 1. The first-order valence-electron chi connectivity index (χ1n) is 8.48. The first kappa shape index (κ1) is 15.6. The van der Waals surface area contributed by atoms with Gasteiger partial charge in [-0.05, 0) is 45.5 Å². The van der Waals surface area contributed by atoms with Crippen LogP contribution >= 0.6 is 0 Å². The first-order chi connectivity index (χ1) is 10.7. The maximum absolute atomic E-state index is 12.3. The fraction of sp³-hybridized carbons (Fsp3) is 0.706. The molecule has 0 N–H and O–H groups in total. The Kier molecular flexibility index (Phi) is 5.16. The zero-order chi connectivity index (χ0) is 15.4. The Morgan fingerprint density at radius 2 is 2.05 bits per heavy atom. The summed E-state index contributed by atoms with van der Waals surface area (Å²) in [5.74, 6) is 0.0976. The molecule has 22 heavy (non-hydrogen) atoms. The van der Waals surface area contributed by atoms with Crippen LogP contribution in [0.2, 0.25) is 0 Å². The fourth-order valence-corrected chi connectivity index (χ4v) is 3.58. The van der Waals surface area contributed by atoms with E-state index in [9.17, 15) is 4.79 Å². The van der Waals surface area contributed by atoms with Gasteiger partial charge in [-0.3, -0.25) is 9.69 Å². The Hall–Kier alpha value is -1.33. The molecule has 0 spiro atoms. The molecule has 3 rings (SSSR count). The summed E-state index contributed by atoms with van der Waals surface area (Å²) in [7, 11) is 2.26. The van der Waals surface area contributed by atoms with Gasteiger partial charge in [-0.25, -0.2) is 0 Å². The molecule has 3 heterocycles. The molecular formula is C17H27N3O2. The lowest BCUT2D eigenvalue weighted by Crippen LogP contribution is -2.49. The molecule has 1 aromatic heterocycles. The lowest BCUT2D eigenvalue weighted by Gasteiger charge is -2.37. The number of rotatable bonds is 4. The van der Waals surface area contributed by atoms with E-state index in [4.69, 9.17) is 4.42 Å². The van der Waals surface area contributed by atoms with Gasteiger partial charge >= 0.3 is 0 Å². The van der Waals surface area contributed by atoms with Crippen molar-refractivity contribution in [1.82, 2.24) is 14.7 Å². The molecule has 1 atom stereocenters. The minimum Gasteiger partial charge on any atom is -0.472 e. The predicted octanol–water partition coefficient (Wildman–Crippen LogP) is 1.91. The molecule has 1 amide bonds. The number of hydrogen-bond donors (Lipinski definition) is 0. The van der Waals surface area contributed by atoms with Crippen molar-refractivity contribution in [1.29, 1.82) is 0 Å². The summed E-state index contributed by atoms with van der Waals surface area (Å²) in [5.41, 5.74) is 0.664. The highest BCUT2D eigenvalue weighted by Crippen LogP contribution is 2.18. The summed E-state index contributed by atoms with van der Waals surface area (Å²) in [6, 6.07) is 2.49. The van der Waals surface area contributed by atoms with E-state index < -0.39 is 0 Å². The molecule has 0 unspecified atom stereocenters. The van der Waals surface area contributed by atoms with E-state index in [1.54, 1.807) is 12.3 Å². The van der Waals surface area contributed by atoms with E-state index >= 15 is 0 Å². The maximum Gasteiger partial charge on any atom is 0.257 e. The van der Waals surface area contributed by atoms with Gasteiger partial charge in [0.15, 0.2) is 0 Å².